The van der Waals surface area contributed by atoms with Crippen LogP contribution in [-0.4, -0.2) is 30.8 Å². The largest absolute Gasteiger partial charge is 0.459 e. The molecular formula is C24H28N2O4. The summed E-state index contributed by atoms with van der Waals surface area (Å²) in [5, 5.41) is 5.61. The Labute approximate surface area is 178 Å². The average molecular weight is 408 g/mol. The first-order valence-electron chi connectivity index (χ1n) is 9.73. The van der Waals surface area contributed by atoms with Crippen molar-refractivity contribution >= 4 is 17.7 Å². The van der Waals surface area contributed by atoms with Crippen LogP contribution in [0.1, 0.15) is 38.3 Å². The zero-order chi connectivity index (χ0) is 22.0. The van der Waals surface area contributed by atoms with Gasteiger partial charge in [0.05, 0.1) is 0 Å². The van der Waals surface area contributed by atoms with Crippen LogP contribution in [0.25, 0.3) is 0 Å². The average Bonchev–Trinajstić information content (AvgIpc) is 2.71. The number of carbonyl (C=O) groups excluding carboxylic acids is 2. The molecule has 2 aromatic carbocycles. The minimum atomic E-state index is -0.937. The number of esters is 1. The van der Waals surface area contributed by atoms with Gasteiger partial charge in [-0.05, 0) is 50.6 Å². The van der Waals surface area contributed by atoms with E-state index in [1.807, 2.05) is 61.6 Å². The SMILES string of the molecule is CNc1ccc(C#CCC(NC(=O)OC(C)(C)C)C(=O)OCc2ccccc2)cc1. The van der Waals surface area contributed by atoms with Gasteiger partial charge in [-0.1, -0.05) is 42.2 Å². The molecule has 1 amide bonds. The van der Waals surface area contributed by atoms with E-state index in [2.05, 4.69) is 22.5 Å². The normalized spacial score (nSPS) is 11.5. The van der Waals surface area contributed by atoms with Crippen LogP contribution in [0.5, 0.6) is 0 Å². The fraction of sp³-hybridized carbons (Fsp3) is 0.333. The van der Waals surface area contributed by atoms with Gasteiger partial charge in [0.25, 0.3) is 0 Å². The number of carbonyl (C=O) groups is 2. The molecule has 2 rings (SSSR count). The number of hydrogen-bond acceptors (Lipinski definition) is 5. The van der Waals surface area contributed by atoms with Gasteiger partial charge in [-0.25, -0.2) is 9.59 Å². The summed E-state index contributed by atoms with van der Waals surface area (Å²) in [4.78, 5) is 24.7. The molecule has 0 aliphatic carbocycles. The molecule has 2 N–H and O–H groups in total. The van der Waals surface area contributed by atoms with Crippen LogP contribution < -0.4 is 10.6 Å². The highest BCUT2D eigenvalue weighted by Crippen LogP contribution is 2.10. The first kappa shape index (κ1) is 22.8. The lowest BCUT2D eigenvalue weighted by atomic mass is 10.1. The van der Waals surface area contributed by atoms with Gasteiger partial charge in [-0.15, -0.1) is 0 Å². The summed E-state index contributed by atoms with van der Waals surface area (Å²) in [7, 11) is 1.84. The minimum absolute atomic E-state index is 0.0979. The minimum Gasteiger partial charge on any atom is -0.459 e. The van der Waals surface area contributed by atoms with Gasteiger partial charge in [0.2, 0.25) is 0 Å². The van der Waals surface area contributed by atoms with E-state index in [0.717, 1.165) is 16.8 Å². The van der Waals surface area contributed by atoms with Crippen LogP contribution >= 0.6 is 0 Å². The second kappa shape index (κ2) is 10.9. The smallest absolute Gasteiger partial charge is 0.408 e. The maximum atomic E-state index is 12.6. The van der Waals surface area contributed by atoms with Crippen molar-refractivity contribution in [2.45, 2.75) is 45.4 Å². The number of benzene rings is 2. The molecule has 0 heterocycles. The Morgan fingerprint density at radius 1 is 1.03 bits per heavy atom. The second-order valence-corrected chi connectivity index (χ2v) is 7.63. The monoisotopic (exact) mass is 408 g/mol. The van der Waals surface area contributed by atoms with Crippen molar-refractivity contribution in [3.63, 3.8) is 0 Å². The predicted molar refractivity (Wildman–Crippen MR) is 117 cm³/mol. The molecule has 158 valence electrons. The Bertz CT molecular complexity index is 891. The van der Waals surface area contributed by atoms with Crippen LogP contribution in [0, 0.1) is 11.8 Å². The molecule has 2 aromatic rings. The number of rotatable bonds is 6. The van der Waals surface area contributed by atoms with E-state index in [0.29, 0.717) is 0 Å². The second-order valence-electron chi connectivity index (χ2n) is 7.63. The highest BCUT2D eigenvalue weighted by atomic mass is 16.6. The van der Waals surface area contributed by atoms with Crippen molar-refractivity contribution in [1.29, 1.82) is 0 Å². The van der Waals surface area contributed by atoms with E-state index in [-0.39, 0.29) is 13.0 Å². The molecule has 6 heteroatoms. The van der Waals surface area contributed by atoms with Gasteiger partial charge in [0, 0.05) is 24.7 Å². The zero-order valence-electron chi connectivity index (χ0n) is 17.8. The highest BCUT2D eigenvalue weighted by Gasteiger charge is 2.25. The van der Waals surface area contributed by atoms with Crippen molar-refractivity contribution in [2.75, 3.05) is 12.4 Å². The van der Waals surface area contributed by atoms with Crippen molar-refractivity contribution < 1.29 is 19.1 Å². The molecule has 1 unspecified atom stereocenters. The van der Waals surface area contributed by atoms with E-state index in [4.69, 9.17) is 9.47 Å². The first-order valence-corrected chi connectivity index (χ1v) is 9.73. The summed E-state index contributed by atoms with van der Waals surface area (Å²) in [6.45, 7) is 5.38. The lowest BCUT2D eigenvalue weighted by molar-refractivity contribution is -0.147. The molecule has 0 aliphatic heterocycles. The Balaban J connectivity index is 2.04. The number of hydrogen-bond donors (Lipinski definition) is 2. The molecule has 0 fully saturated rings. The maximum absolute atomic E-state index is 12.6. The van der Waals surface area contributed by atoms with Crippen LogP contribution in [-0.2, 0) is 20.9 Å². The van der Waals surface area contributed by atoms with E-state index in [1.165, 1.54) is 0 Å². The molecular weight excluding hydrogens is 380 g/mol. The summed E-state index contributed by atoms with van der Waals surface area (Å²) in [5.41, 5.74) is 1.97. The Kier molecular flexibility index (Phi) is 8.30. The fourth-order valence-electron chi connectivity index (χ4n) is 2.45. The number of alkyl carbamates (subject to hydrolysis) is 1. The van der Waals surface area contributed by atoms with Crippen molar-refractivity contribution in [3.05, 3.63) is 65.7 Å². The molecule has 0 spiro atoms. The lowest BCUT2D eigenvalue weighted by Crippen LogP contribution is -2.44. The van der Waals surface area contributed by atoms with Gasteiger partial charge in [-0.2, -0.15) is 0 Å². The number of anilines is 1. The maximum Gasteiger partial charge on any atom is 0.408 e. The molecule has 0 saturated heterocycles. The third kappa shape index (κ3) is 8.27. The number of ether oxygens (including phenoxy) is 2. The molecule has 0 bridgehead atoms. The summed E-state index contributed by atoms with van der Waals surface area (Å²) >= 11 is 0. The summed E-state index contributed by atoms with van der Waals surface area (Å²) < 4.78 is 10.6. The molecule has 0 saturated carbocycles. The van der Waals surface area contributed by atoms with Crippen molar-refractivity contribution in [2.24, 2.45) is 0 Å². The third-order valence-corrected chi connectivity index (χ3v) is 3.91. The highest BCUT2D eigenvalue weighted by molar-refractivity contribution is 5.81. The third-order valence-electron chi connectivity index (χ3n) is 3.91. The quantitative estimate of drug-likeness (QED) is 0.556. The summed E-state index contributed by atoms with van der Waals surface area (Å²) in [5.74, 6) is 5.38. The van der Waals surface area contributed by atoms with Gasteiger partial charge in [0.15, 0.2) is 0 Å². The molecule has 0 aromatic heterocycles. The van der Waals surface area contributed by atoms with E-state index in [1.54, 1.807) is 20.8 Å². The molecule has 6 nitrogen and oxygen atoms in total. The zero-order valence-corrected chi connectivity index (χ0v) is 17.8. The Hall–Kier alpha value is -3.46. The van der Waals surface area contributed by atoms with Gasteiger partial charge in [0.1, 0.15) is 18.2 Å². The van der Waals surface area contributed by atoms with Gasteiger partial charge < -0.3 is 20.1 Å². The predicted octanol–water partition coefficient (Wildman–Crippen LogP) is 4.11. The van der Waals surface area contributed by atoms with Crippen LogP contribution in [0.2, 0.25) is 0 Å². The van der Waals surface area contributed by atoms with Crippen LogP contribution in [0.3, 0.4) is 0 Å². The topological polar surface area (TPSA) is 76.7 Å². The summed E-state index contributed by atoms with van der Waals surface area (Å²) in [6, 6.07) is 16.0. The molecule has 0 aliphatic rings. The standard InChI is InChI=1S/C24H28N2O4/c1-24(2,3)30-23(28)26-21(22(27)29-17-19-9-6-5-7-10-19)12-8-11-18-13-15-20(25-4)16-14-18/h5-7,9-10,13-16,21,25H,12,17H2,1-4H3,(H,26,28). The lowest BCUT2D eigenvalue weighted by Gasteiger charge is -2.22. The number of amides is 1. The van der Waals surface area contributed by atoms with Gasteiger partial charge in [-0.3, -0.25) is 0 Å². The number of nitrogens with one attached hydrogen (secondary N) is 2. The van der Waals surface area contributed by atoms with E-state index < -0.39 is 23.7 Å². The Morgan fingerprint density at radius 2 is 1.70 bits per heavy atom. The molecule has 0 radical (unpaired) electrons. The van der Waals surface area contributed by atoms with Gasteiger partial charge >= 0.3 is 12.1 Å². The first-order chi connectivity index (χ1) is 14.3. The summed E-state index contributed by atoms with van der Waals surface area (Å²) in [6.07, 6.45) is -0.593. The van der Waals surface area contributed by atoms with Crippen LogP contribution in [0.15, 0.2) is 54.6 Å². The van der Waals surface area contributed by atoms with Crippen LogP contribution in [0.4, 0.5) is 10.5 Å². The van der Waals surface area contributed by atoms with Crippen molar-refractivity contribution in [1.82, 2.24) is 5.32 Å². The fourth-order valence-corrected chi connectivity index (χ4v) is 2.45. The van der Waals surface area contributed by atoms with E-state index >= 15 is 0 Å². The Morgan fingerprint density at radius 3 is 2.30 bits per heavy atom. The van der Waals surface area contributed by atoms with E-state index in [9.17, 15) is 9.59 Å². The molecule has 30 heavy (non-hydrogen) atoms. The van der Waals surface area contributed by atoms with Crippen molar-refractivity contribution in [3.8, 4) is 11.8 Å². The molecule has 1 atom stereocenters.